The first-order chi connectivity index (χ1) is 15.6. The second-order valence-corrected chi connectivity index (χ2v) is 7.63. The number of nitrogens with zero attached hydrogens (tertiary/aromatic N) is 7. The molecule has 11 heteroatoms. The minimum absolute atomic E-state index is 0.00900. The second-order valence-electron chi connectivity index (χ2n) is 7.63. The maximum absolute atomic E-state index is 12.7. The molecule has 162 valence electrons. The summed E-state index contributed by atoms with van der Waals surface area (Å²) in [5.74, 6) is 0.224. The van der Waals surface area contributed by atoms with Gasteiger partial charge in [0.1, 0.15) is 17.8 Å². The summed E-state index contributed by atoms with van der Waals surface area (Å²) in [6.07, 6.45) is 4.73. The van der Waals surface area contributed by atoms with Crippen LogP contribution in [0.2, 0.25) is 0 Å². The van der Waals surface area contributed by atoms with Crippen LogP contribution in [0.25, 0.3) is 11.3 Å². The van der Waals surface area contributed by atoms with E-state index in [1.807, 2.05) is 36.4 Å². The first-order valence-electron chi connectivity index (χ1n) is 10.3. The average Bonchev–Trinajstić information content (AvgIpc) is 3.49. The molecule has 1 fully saturated rings. The van der Waals surface area contributed by atoms with Crippen LogP contribution < -0.4 is 16.0 Å². The van der Waals surface area contributed by atoms with E-state index in [0.717, 1.165) is 37.4 Å². The van der Waals surface area contributed by atoms with Crippen LogP contribution in [0.5, 0.6) is 0 Å². The van der Waals surface area contributed by atoms with Crippen molar-refractivity contribution >= 4 is 29.0 Å². The maximum Gasteiger partial charge on any atom is 0.269 e. The average molecular weight is 431 g/mol. The lowest BCUT2D eigenvalue weighted by Crippen LogP contribution is -2.38. The molecule has 0 aliphatic carbocycles. The molecule has 4 heterocycles. The lowest BCUT2D eigenvalue weighted by molar-refractivity contribution is -0.120. The fourth-order valence-electron chi connectivity index (χ4n) is 3.80. The Morgan fingerprint density at radius 2 is 1.78 bits per heavy atom. The van der Waals surface area contributed by atoms with Gasteiger partial charge in [0.15, 0.2) is 5.65 Å². The van der Waals surface area contributed by atoms with Crippen LogP contribution in [0.3, 0.4) is 0 Å². The molecule has 0 spiro atoms. The Labute approximate surface area is 182 Å². The third-order valence-corrected chi connectivity index (χ3v) is 5.58. The fraction of sp³-hybridized carbons (Fsp3) is 0.238. The van der Waals surface area contributed by atoms with Gasteiger partial charge in [-0.1, -0.05) is 0 Å². The van der Waals surface area contributed by atoms with Gasteiger partial charge in [-0.25, -0.2) is 4.68 Å². The van der Waals surface area contributed by atoms with Crippen LogP contribution in [0, 0.1) is 5.92 Å². The van der Waals surface area contributed by atoms with E-state index in [2.05, 4.69) is 30.6 Å². The molecule has 0 bridgehead atoms. The van der Waals surface area contributed by atoms with Gasteiger partial charge >= 0.3 is 0 Å². The molecule has 1 aliphatic heterocycles. The van der Waals surface area contributed by atoms with E-state index in [9.17, 15) is 9.59 Å². The molecule has 0 saturated carbocycles. The predicted molar refractivity (Wildman–Crippen MR) is 116 cm³/mol. The first kappa shape index (κ1) is 19.7. The van der Waals surface area contributed by atoms with Crippen LogP contribution in [0.15, 0.2) is 55.0 Å². The molecule has 2 amide bonds. The molecule has 4 aromatic rings. The number of aromatic nitrogens is 6. The number of nitrogens with one attached hydrogen (secondary N) is 1. The summed E-state index contributed by atoms with van der Waals surface area (Å²) in [6, 6.07) is 12.6. The Morgan fingerprint density at radius 3 is 2.50 bits per heavy atom. The van der Waals surface area contributed by atoms with Gasteiger partial charge in [0, 0.05) is 30.9 Å². The molecule has 32 heavy (non-hydrogen) atoms. The van der Waals surface area contributed by atoms with E-state index >= 15 is 0 Å². The summed E-state index contributed by atoms with van der Waals surface area (Å²) in [7, 11) is 0. The third kappa shape index (κ3) is 3.87. The van der Waals surface area contributed by atoms with Crippen molar-refractivity contribution < 1.29 is 9.59 Å². The summed E-state index contributed by atoms with van der Waals surface area (Å²) in [4.78, 5) is 26.1. The molecule has 1 aliphatic rings. The number of nitrogens with two attached hydrogens (primary N) is 1. The summed E-state index contributed by atoms with van der Waals surface area (Å²) in [5, 5.41) is 19.5. The van der Waals surface area contributed by atoms with Gasteiger partial charge in [0.2, 0.25) is 5.91 Å². The fourth-order valence-corrected chi connectivity index (χ4v) is 3.80. The Morgan fingerprint density at radius 1 is 1.00 bits per heavy atom. The van der Waals surface area contributed by atoms with E-state index in [1.54, 1.807) is 27.8 Å². The Kier molecular flexibility index (Phi) is 4.98. The number of anilines is 2. The molecule has 5 rings (SSSR count). The number of hydrogen-bond acceptors (Lipinski definition) is 7. The predicted octanol–water partition coefficient (Wildman–Crippen LogP) is 1.26. The molecular formula is C21H21N9O2. The highest BCUT2D eigenvalue weighted by Gasteiger charge is 2.26. The van der Waals surface area contributed by atoms with Crippen LogP contribution in [0.4, 0.5) is 11.5 Å². The number of carbonyl (C=O) groups excluding carboxylic acids is 2. The van der Waals surface area contributed by atoms with Gasteiger partial charge in [0.05, 0.1) is 5.69 Å². The van der Waals surface area contributed by atoms with Gasteiger partial charge in [-0.2, -0.15) is 9.61 Å². The highest BCUT2D eigenvalue weighted by atomic mass is 16.2. The second kappa shape index (κ2) is 8.10. The quantitative estimate of drug-likeness (QED) is 0.485. The summed E-state index contributed by atoms with van der Waals surface area (Å²) < 4.78 is 3.21. The van der Waals surface area contributed by atoms with E-state index in [4.69, 9.17) is 5.73 Å². The first-order valence-corrected chi connectivity index (χ1v) is 10.3. The van der Waals surface area contributed by atoms with Crippen LogP contribution in [0.1, 0.15) is 23.3 Å². The van der Waals surface area contributed by atoms with Crippen LogP contribution in [-0.4, -0.2) is 54.5 Å². The van der Waals surface area contributed by atoms with Crippen molar-refractivity contribution in [2.24, 2.45) is 11.7 Å². The monoisotopic (exact) mass is 431 g/mol. The highest BCUT2D eigenvalue weighted by molar-refractivity contribution is 5.93. The number of fused-ring (bicyclic) bond motifs is 1. The number of primary amides is 1. The zero-order valence-corrected chi connectivity index (χ0v) is 17.1. The lowest BCUT2D eigenvalue weighted by atomic mass is 9.96. The number of hydrogen-bond donors (Lipinski definition) is 2. The number of piperidine rings is 1. The molecule has 0 unspecified atom stereocenters. The number of rotatable bonds is 5. The van der Waals surface area contributed by atoms with E-state index < -0.39 is 5.91 Å². The van der Waals surface area contributed by atoms with Crippen molar-refractivity contribution in [3.8, 4) is 5.69 Å². The molecule has 1 saturated heterocycles. The smallest absolute Gasteiger partial charge is 0.269 e. The molecular weight excluding hydrogens is 410 g/mol. The summed E-state index contributed by atoms with van der Waals surface area (Å²) >= 11 is 0. The topological polar surface area (TPSA) is 136 Å². The molecule has 3 aromatic heterocycles. The largest absolute Gasteiger partial charge is 0.364 e. The van der Waals surface area contributed by atoms with Crippen molar-refractivity contribution in [1.82, 2.24) is 29.6 Å². The summed E-state index contributed by atoms with van der Waals surface area (Å²) in [6.45, 7) is 1.50. The number of benzene rings is 1. The van der Waals surface area contributed by atoms with Gasteiger partial charge in [-0.3, -0.25) is 9.59 Å². The van der Waals surface area contributed by atoms with Crippen molar-refractivity contribution in [2.45, 2.75) is 12.8 Å². The standard InChI is InChI=1S/C21H21N9O2/c22-20(31)17-9-12-29(26-17)16-3-1-15(2-4-16)24-21(32)14-7-10-28(11-8-14)19-6-5-18-25-23-13-30(18)27-19/h1-6,9,12-14H,7-8,10-11H2,(H2,22,31)(H,24,32). The van der Waals surface area contributed by atoms with Crippen molar-refractivity contribution in [3.63, 3.8) is 0 Å². The molecule has 0 atom stereocenters. The minimum atomic E-state index is -0.575. The SMILES string of the molecule is NC(=O)c1ccn(-c2ccc(NC(=O)C3CCN(c4ccc5nncn5n4)CC3)cc2)n1. The molecule has 0 radical (unpaired) electrons. The van der Waals surface area contributed by atoms with E-state index in [0.29, 0.717) is 11.3 Å². The number of amides is 2. The van der Waals surface area contributed by atoms with Gasteiger partial charge < -0.3 is 16.0 Å². The van der Waals surface area contributed by atoms with E-state index in [-0.39, 0.29) is 17.5 Å². The maximum atomic E-state index is 12.7. The van der Waals surface area contributed by atoms with Crippen molar-refractivity contribution in [3.05, 3.63) is 60.7 Å². The van der Waals surface area contributed by atoms with Gasteiger partial charge in [0.25, 0.3) is 5.91 Å². The minimum Gasteiger partial charge on any atom is -0.364 e. The van der Waals surface area contributed by atoms with Gasteiger partial charge in [-0.15, -0.1) is 15.3 Å². The van der Waals surface area contributed by atoms with Crippen molar-refractivity contribution in [1.29, 1.82) is 0 Å². The Bertz CT molecular complexity index is 1270. The number of carbonyl (C=O) groups is 2. The Hall–Kier alpha value is -4.28. The van der Waals surface area contributed by atoms with Crippen LogP contribution in [-0.2, 0) is 4.79 Å². The highest BCUT2D eigenvalue weighted by Crippen LogP contribution is 2.23. The van der Waals surface area contributed by atoms with Gasteiger partial charge in [-0.05, 0) is 55.3 Å². The van der Waals surface area contributed by atoms with Crippen LogP contribution >= 0.6 is 0 Å². The Balaban J connectivity index is 1.18. The normalized spacial score (nSPS) is 14.6. The summed E-state index contributed by atoms with van der Waals surface area (Å²) in [5.41, 5.74) is 7.62. The van der Waals surface area contributed by atoms with Crippen molar-refractivity contribution in [2.75, 3.05) is 23.3 Å². The third-order valence-electron chi connectivity index (χ3n) is 5.58. The molecule has 11 nitrogen and oxygen atoms in total. The molecule has 1 aromatic carbocycles. The zero-order valence-electron chi connectivity index (χ0n) is 17.1. The van der Waals surface area contributed by atoms with E-state index in [1.165, 1.54) is 0 Å². The molecule has 3 N–H and O–H groups in total. The lowest BCUT2D eigenvalue weighted by Gasteiger charge is -2.32. The zero-order chi connectivity index (χ0) is 22.1.